The summed E-state index contributed by atoms with van der Waals surface area (Å²) >= 11 is 6.65. The van der Waals surface area contributed by atoms with Crippen molar-refractivity contribution in [3.8, 4) is 0 Å². The molecule has 2 aromatic carbocycles. The van der Waals surface area contributed by atoms with Crippen LogP contribution in [0.5, 0.6) is 0 Å². The van der Waals surface area contributed by atoms with E-state index in [9.17, 15) is 19.2 Å². The van der Waals surface area contributed by atoms with E-state index < -0.39 is 53.8 Å². The molecule has 0 radical (unpaired) electrons. The second kappa shape index (κ2) is 11.6. The van der Waals surface area contributed by atoms with Crippen LogP contribution >= 0.6 is 31.9 Å². The van der Waals surface area contributed by atoms with Gasteiger partial charge < -0.3 is 18.9 Å². The number of fused-ring (bicyclic) bond motifs is 2. The zero-order chi connectivity index (χ0) is 25.8. The van der Waals surface area contributed by atoms with Crippen molar-refractivity contribution in [2.75, 3.05) is 13.2 Å². The Kier molecular flexibility index (Phi) is 8.46. The van der Waals surface area contributed by atoms with Gasteiger partial charge in [0.2, 0.25) is 0 Å². The van der Waals surface area contributed by atoms with Gasteiger partial charge in [0.05, 0.1) is 36.2 Å². The van der Waals surface area contributed by atoms with E-state index in [1.54, 1.807) is 55.5 Å². The Hall–Kier alpha value is -2.72. The quantitative estimate of drug-likeness (QED) is 0.307. The van der Waals surface area contributed by atoms with Gasteiger partial charge in [-0.1, -0.05) is 31.9 Å². The Labute approximate surface area is 224 Å². The molecule has 0 amide bonds. The van der Waals surface area contributed by atoms with Crippen molar-refractivity contribution in [2.24, 2.45) is 17.8 Å². The molecule has 1 aliphatic heterocycles. The molecule has 2 aliphatic rings. The van der Waals surface area contributed by atoms with Gasteiger partial charge in [0.1, 0.15) is 12.2 Å². The third-order valence-electron chi connectivity index (χ3n) is 6.39. The van der Waals surface area contributed by atoms with E-state index in [2.05, 4.69) is 31.9 Å². The maximum atomic E-state index is 12.8. The van der Waals surface area contributed by atoms with Crippen molar-refractivity contribution in [1.82, 2.24) is 0 Å². The van der Waals surface area contributed by atoms with Crippen LogP contribution in [0.3, 0.4) is 0 Å². The standard InChI is InChI=1S/C26H24Br2O8/c1-2-33-25(31)19-13-20(35-24(30)15-5-9-17(28)10-6-15)22-18(21(19)26(32)36-22)11-12-34-23(29)14-3-7-16(27)8-4-14/h3-10,18-22H,2,11-13H2,1H3/t18-,19+,20+,21+,22-/m1/s1. The van der Waals surface area contributed by atoms with Gasteiger partial charge in [-0.15, -0.1) is 0 Å². The third kappa shape index (κ3) is 5.81. The van der Waals surface area contributed by atoms with E-state index in [0.717, 1.165) is 8.95 Å². The molecule has 0 unspecified atom stereocenters. The fraction of sp³-hybridized carbons (Fsp3) is 0.385. The molecule has 1 saturated carbocycles. The molecule has 0 spiro atoms. The highest BCUT2D eigenvalue weighted by Gasteiger charge is 2.59. The number of rotatable bonds is 8. The van der Waals surface area contributed by atoms with Crippen LogP contribution in [-0.4, -0.2) is 49.3 Å². The zero-order valence-electron chi connectivity index (χ0n) is 19.4. The minimum Gasteiger partial charge on any atom is -0.466 e. The van der Waals surface area contributed by atoms with Gasteiger partial charge in [0.15, 0.2) is 0 Å². The zero-order valence-corrected chi connectivity index (χ0v) is 22.5. The summed E-state index contributed by atoms with van der Waals surface area (Å²) in [5.74, 6) is -4.24. The Morgan fingerprint density at radius 3 is 2.08 bits per heavy atom. The van der Waals surface area contributed by atoms with Crippen molar-refractivity contribution in [2.45, 2.75) is 32.0 Å². The van der Waals surface area contributed by atoms with Gasteiger partial charge in [-0.25, -0.2) is 9.59 Å². The molecule has 0 N–H and O–H groups in total. The normalized spacial score (nSPS) is 24.5. The first kappa shape index (κ1) is 26.3. The number of carbonyl (C=O) groups is 4. The summed E-state index contributed by atoms with van der Waals surface area (Å²) in [6, 6.07) is 13.4. The molecule has 2 bridgehead atoms. The summed E-state index contributed by atoms with van der Waals surface area (Å²) in [7, 11) is 0. The number of carbonyl (C=O) groups excluding carboxylic acids is 4. The smallest absolute Gasteiger partial charge is 0.338 e. The first-order chi connectivity index (χ1) is 17.3. The maximum absolute atomic E-state index is 12.8. The molecule has 190 valence electrons. The van der Waals surface area contributed by atoms with Crippen molar-refractivity contribution < 1.29 is 38.1 Å². The van der Waals surface area contributed by atoms with Gasteiger partial charge in [0.25, 0.3) is 0 Å². The molecule has 1 aliphatic carbocycles. The summed E-state index contributed by atoms with van der Waals surface area (Å²) in [5, 5.41) is 0. The average molecular weight is 624 g/mol. The lowest BCUT2D eigenvalue weighted by Gasteiger charge is -2.36. The minimum absolute atomic E-state index is 0.00608. The molecule has 8 nitrogen and oxygen atoms in total. The highest BCUT2D eigenvalue weighted by Crippen LogP contribution is 2.46. The number of hydrogen-bond acceptors (Lipinski definition) is 8. The number of benzene rings is 2. The Morgan fingerprint density at radius 2 is 1.50 bits per heavy atom. The van der Waals surface area contributed by atoms with Crippen LogP contribution in [0.2, 0.25) is 0 Å². The van der Waals surface area contributed by atoms with Crippen LogP contribution in [0.1, 0.15) is 40.5 Å². The molecule has 1 heterocycles. The first-order valence-electron chi connectivity index (χ1n) is 11.5. The first-order valence-corrected chi connectivity index (χ1v) is 13.1. The fourth-order valence-electron chi connectivity index (χ4n) is 4.72. The van der Waals surface area contributed by atoms with Crippen LogP contribution in [-0.2, 0) is 28.5 Å². The summed E-state index contributed by atoms with van der Waals surface area (Å²) in [6.45, 7) is 1.84. The molecule has 2 aromatic rings. The Bertz CT molecular complexity index is 1130. The van der Waals surface area contributed by atoms with Gasteiger partial charge in [-0.3, -0.25) is 9.59 Å². The van der Waals surface area contributed by atoms with Crippen molar-refractivity contribution in [1.29, 1.82) is 0 Å². The van der Waals surface area contributed by atoms with Gasteiger partial charge in [0, 0.05) is 21.3 Å². The molecular weight excluding hydrogens is 600 g/mol. The van der Waals surface area contributed by atoms with Crippen LogP contribution in [0.15, 0.2) is 57.5 Å². The van der Waals surface area contributed by atoms with E-state index in [-0.39, 0.29) is 26.1 Å². The summed E-state index contributed by atoms with van der Waals surface area (Å²) in [6.07, 6.45) is -1.23. The summed E-state index contributed by atoms with van der Waals surface area (Å²) < 4.78 is 23.6. The number of esters is 4. The van der Waals surface area contributed by atoms with Crippen molar-refractivity contribution >= 4 is 55.7 Å². The monoisotopic (exact) mass is 622 g/mol. The third-order valence-corrected chi connectivity index (χ3v) is 7.44. The molecular formula is C26H24Br2O8. The second-order valence-electron chi connectivity index (χ2n) is 8.57. The minimum atomic E-state index is -0.842. The van der Waals surface area contributed by atoms with Gasteiger partial charge >= 0.3 is 23.9 Å². The average Bonchev–Trinajstić information content (AvgIpc) is 3.10. The fourth-order valence-corrected chi connectivity index (χ4v) is 5.25. The lowest BCUT2D eigenvalue weighted by Crippen LogP contribution is -2.47. The highest BCUT2D eigenvalue weighted by molar-refractivity contribution is 9.10. The molecule has 5 atom stereocenters. The largest absolute Gasteiger partial charge is 0.466 e. The number of ether oxygens (including phenoxy) is 4. The van der Waals surface area contributed by atoms with E-state index in [4.69, 9.17) is 18.9 Å². The molecule has 10 heteroatoms. The highest BCUT2D eigenvalue weighted by atomic mass is 79.9. The van der Waals surface area contributed by atoms with Gasteiger partial charge in [-0.05, 0) is 61.9 Å². The molecule has 4 rings (SSSR count). The number of hydrogen-bond donors (Lipinski definition) is 0. The lowest BCUT2D eigenvalue weighted by molar-refractivity contribution is -0.156. The van der Waals surface area contributed by atoms with Gasteiger partial charge in [-0.2, -0.15) is 0 Å². The molecule has 2 fully saturated rings. The molecule has 1 saturated heterocycles. The van der Waals surface area contributed by atoms with E-state index >= 15 is 0 Å². The van der Waals surface area contributed by atoms with E-state index in [1.807, 2.05) is 0 Å². The summed E-state index contributed by atoms with van der Waals surface area (Å²) in [4.78, 5) is 50.7. The van der Waals surface area contributed by atoms with Crippen LogP contribution in [0, 0.1) is 17.8 Å². The van der Waals surface area contributed by atoms with Crippen LogP contribution < -0.4 is 0 Å². The SMILES string of the molecule is CCOC(=O)[C@H]1C[C@H](OC(=O)c2ccc(Br)cc2)[C@@H]2OC(=O)[C@H]1[C@H]2CCOC(=O)c1ccc(Br)cc1. The molecule has 0 aromatic heterocycles. The number of halogens is 2. The maximum Gasteiger partial charge on any atom is 0.338 e. The van der Waals surface area contributed by atoms with Crippen LogP contribution in [0.4, 0.5) is 0 Å². The van der Waals surface area contributed by atoms with Crippen molar-refractivity contribution in [3.63, 3.8) is 0 Å². The van der Waals surface area contributed by atoms with Crippen LogP contribution in [0.25, 0.3) is 0 Å². The van der Waals surface area contributed by atoms with Crippen molar-refractivity contribution in [3.05, 3.63) is 68.6 Å². The van der Waals surface area contributed by atoms with E-state index in [0.29, 0.717) is 11.1 Å². The predicted molar refractivity (Wildman–Crippen MR) is 134 cm³/mol. The predicted octanol–water partition coefficient (Wildman–Crippen LogP) is 4.72. The van der Waals surface area contributed by atoms with E-state index in [1.165, 1.54) is 0 Å². The Balaban J connectivity index is 1.49. The lowest BCUT2D eigenvalue weighted by atomic mass is 9.70. The summed E-state index contributed by atoms with van der Waals surface area (Å²) in [5.41, 5.74) is 0.722. The topological polar surface area (TPSA) is 105 Å². The molecule has 36 heavy (non-hydrogen) atoms. The Morgan fingerprint density at radius 1 is 0.917 bits per heavy atom. The second-order valence-corrected chi connectivity index (χ2v) is 10.4.